The quantitative estimate of drug-likeness (QED) is 0.812. The van der Waals surface area contributed by atoms with Crippen molar-refractivity contribution in [1.82, 2.24) is 4.90 Å². The number of nitrogens with two attached hydrogens (primary N) is 1. The predicted molar refractivity (Wildman–Crippen MR) is 100 cm³/mol. The molecule has 1 saturated heterocycles. The second-order valence-corrected chi connectivity index (χ2v) is 7.92. The van der Waals surface area contributed by atoms with E-state index in [-0.39, 0.29) is 24.4 Å². The van der Waals surface area contributed by atoms with Crippen LogP contribution in [0.4, 0.5) is 9.18 Å². The highest BCUT2D eigenvalue weighted by atomic mass is 19.1. The summed E-state index contributed by atoms with van der Waals surface area (Å²) in [6.07, 6.45) is 6.64. The Bertz CT molecular complexity index is 673. The zero-order chi connectivity index (χ0) is 19.4. The van der Waals surface area contributed by atoms with Gasteiger partial charge in [-0.05, 0) is 43.4 Å². The normalized spacial score (nSPS) is 25.1. The molecule has 0 bridgehead atoms. The van der Waals surface area contributed by atoms with Crippen molar-refractivity contribution in [3.8, 4) is 0 Å². The molecule has 2 fully saturated rings. The van der Waals surface area contributed by atoms with Gasteiger partial charge in [-0.25, -0.2) is 9.18 Å². The van der Waals surface area contributed by atoms with Gasteiger partial charge in [0.05, 0.1) is 0 Å². The van der Waals surface area contributed by atoms with Crippen molar-refractivity contribution in [2.75, 3.05) is 6.54 Å². The Labute approximate surface area is 160 Å². The van der Waals surface area contributed by atoms with Gasteiger partial charge in [-0.1, -0.05) is 31.4 Å². The molecule has 0 unspecified atom stereocenters. The van der Waals surface area contributed by atoms with Gasteiger partial charge in [-0.15, -0.1) is 0 Å². The fourth-order valence-electron chi connectivity index (χ4n) is 4.51. The van der Waals surface area contributed by atoms with E-state index in [4.69, 9.17) is 10.5 Å². The molecule has 6 heteroatoms. The molecule has 1 heterocycles. The number of amides is 2. The van der Waals surface area contributed by atoms with Gasteiger partial charge in [0.2, 0.25) is 5.91 Å². The molecule has 1 saturated carbocycles. The van der Waals surface area contributed by atoms with Crippen molar-refractivity contribution in [1.29, 1.82) is 0 Å². The van der Waals surface area contributed by atoms with E-state index in [1.165, 1.54) is 31.4 Å². The number of hydrogen-bond donors (Lipinski definition) is 1. The highest BCUT2D eigenvalue weighted by Crippen LogP contribution is 2.40. The molecular formula is C21H29FN2O3. The summed E-state index contributed by atoms with van der Waals surface area (Å²) in [6.45, 7) is 2.66. The van der Waals surface area contributed by atoms with Crippen LogP contribution < -0.4 is 5.73 Å². The van der Waals surface area contributed by atoms with Crippen LogP contribution in [0.15, 0.2) is 24.3 Å². The lowest BCUT2D eigenvalue weighted by molar-refractivity contribution is -0.121. The monoisotopic (exact) mass is 376 g/mol. The van der Waals surface area contributed by atoms with Crippen molar-refractivity contribution in [3.63, 3.8) is 0 Å². The smallest absolute Gasteiger partial charge is 0.410 e. The number of rotatable bonds is 6. The van der Waals surface area contributed by atoms with Gasteiger partial charge in [0.1, 0.15) is 11.4 Å². The molecule has 3 rings (SSSR count). The van der Waals surface area contributed by atoms with Crippen LogP contribution in [0.5, 0.6) is 0 Å². The molecule has 27 heavy (non-hydrogen) atoms. The number of carbonyl (C=O) groups is 2. The van der Waals surface area contributed by atoms with E-state index in [2.05, 4.69) is 6.92 Å². The lowest BCUT2D eigenvalue weighted by atomic mass is 9.82. The zero-order valence-corrected chi connectivity index (χ0v) is 16.0. The van der Waals surface area contributed by atoms with Gasteiger partial charge in [0.15, 0.2) is 0 Å². The molecular weight excluding hydrogens is 347 g/mol. The Morgan fingerprint density at radius 2 is 1.96 bits per heavy atom. The Morgan fingerprint density at radius 1 is 1.30 bits per heavy atom. The molecule has 0 aromatic heterocycles. The minimum Gasteiger partial charge on any atom is -0.438 e. The summed E-state index contributed by atoms with van der Waals surface area (Å²) in [5.41, 5.74) is 5.11. The fourth-order valence-corrected chi connectivity index (χ4v) is 4.51. The van der Waals surface area contributed by atoms with Crippen LogP contribution in [0.3, 0.4) is 0 Å². The molecule has 1 aromatic carbocycles. The second kappa shape index (κ2) is 8.28. The van der Waals surface area contributed by atoms with E-state index in [0.717, 1.165) is 12.8 Å². The summed E-state index contributed by atoms with van der Waals surface area (Å²) in [4.78, 5) is 26.1. The summed E-state index contributed by atoms with van der Waals surface area (Å²) < 4.78 is 19.3. The number of carbonyl (C=O) groups excluding carboxylic acids is 2. The number of benzene rings is 1. The van der Waals surface area contributed by atoms with Crippen molar-refractivity contribution < 1.29 is 18.7 Å². The third-order valence-electron chi connectivity index (χ3n) is 6.24. The molecule has 0 radical (unpaired) electrons. The Hall–Kier alpha value is -2.11. The van der Waals surface area contributed by atoms with Crippen LogP contribution in [-0.4, -0.2) is 29.5 Å². The van der Waals surface area contributed by atoms with Crippen molar-refractivity contribution in [3.05, 3.63) is 35.6 Å². The maximum Gasteiger partial charge on any atom is 0.410 e. The third-order valence-corrected chi connectivity index (χ3v) is 6.24. The summed E-state index contributed by atoms with van der Waals surface area (Å²) in [7, 11) is 0. The maximum absolute atomic E-state index is 13.4. The summed E-state index contributed by atoms with van der Waals surface area (Å²) in [6, 6.07) is 6.10. The number of ether oxygens (including phenoxy) is 1. The molecule has 1 aliphatic carbocycles. The van der Waals surface area contributed by atoms with Crippen LogP contribution in [-0.2, 0) is 15.1 Å². The van der Waals surface area contributed by atoms with Crippen molar-refractivity contribution in [2.24, 2.45) is 11.7 Å². The number of cyclic esters (lactones) is 1. The van der Waals surface area contributed by atoms with E-state index in [0.29, 0.717) is 30.9 Å². The van der Waals surface area contributed by atoms with Gasteiger partial charge in [0.25, 0.3) is 0 Å². The van der Waals surface area contributed by atoms with E-state index in [9.17, 15) is 14.0 Å². The molecule has 148 valence electrons. The minimum absolute atomic E-state index is 0.114. The van der Waals surface area contributed by atoms with Gasteiger partial charge in [-0.2, -0.15) is 0 Å². The number of hydrogen-bond acceptors (Lipinski definition) is 3. The highest BCUT2D eigenvalue weighted by molar-refractivity contribution is 5.74. The lowest BCUT2D eigenvalue weighted by Crippen LogP contribution is -2.53. The fraction of sp³-hybridized carbons (Fsp3) is 0.619. The SMILES string of the molecule is C[C@@H](C1CCCCC1)N1CC[C@@](CCC(N)=O)(c2ccc(F)cc2)OC1=O. The largest absolute Gasteiger partial charge is 0.438 e. The average Bonchev–Trinajstić information content (AvgIpc) is 2.67. The first-order valence-corrected chi connectivity index (χ1v) is 9.95. The Morgan fingerprint density at radius 3 is 2.56 bits per heavy atom. The molecule has 2 aliphatic rings. The van der Waals surface area contributed by atoms with Gasteiger partial charge >= 0.3 is 6.09 Å². The van der Waals surface area contributed by atoms with E-state index in [1.54, 1.807) is 12.1 Å². The molecule has 2 N–H and O–H groups in total. The lowest BCUT2D eigenvalue weighted by Gasteiger charge is -2.45. The first kappa shape index (κ1) is 19.6. The number of nitrogens with zero attached hydrogens (tertiary/aromatic N) is 1. The maximum atomic E-state index is 13.4. The van der Waals surface area contributed by atoms with Crippen LogP contribution in [0, 0.1) is 11.7 Å². The predicted octanol–water partition coefficient (Wildman–Crippen LogP) is 4.10. The number of primary amides is 1. The van der Waals surface area contributed by atoms with E-state index >= 15 is 0 Å². The highest BCUT2D eigenvalue weighted by Gasteiger charge is 2.44. The summed E-state index contributed by atoms with van der Waals surface area (Å²) in [5, 5.41) is 0. The first-order valence-electron chi connectivity index (χ1n) is 9.95. The molecule has 1 aromatic rings. The summed E-state index contributed by atoms with van der Waals surface area (Å²) >= 11 is 0. The minimum atomic E-state index is -0.928. The topological polar surface area (TPSA) is 72.6 Å². The first-order chi connectivity index (χ1) is 12.9. The molecule has 0 spiro atoms. The molecule has 2 amide bonds. The van der Waals surface area contributed by atoms with E-state index < -0.39 is 11.5 Å². The molecule has 5 nitrogen and oxygen atoms in total. The van der Waals surface area contributed by atoms with Crippen LogP contribution in [0.2, 0.25) is 0 Å². The second-order valence-electron chi connectivity index (χ2n) is 7.92. The van der Waals surface area contributed by atoms with Gasteiger partial charge in [0, 0.05) is 31.8 Å². The van der Waals surface area contributed by atoms with E-state index in [1.807, 2.05) is 4.90 Å². The van der Waals surface area contributed by atoms with Crippen LogP contribution >= 0.6 is 0 Å². The molecule has 1 aliphatic heterocycles. The average molecular weight is 376 g/mol. The van der Waals surface area contributed by atoms with Crippen LogP contribution in [0.1, 0.15) is 63.9 Å². The Balaban J connectivity index is 1.77. The van der Waals surface area contributed by atoms with Crippen LogP contribution in [0.25, 0.3) is 0 Å². The summed E-state index contributed by atoms with van der Waals surface area (Å²) in [5.74, 6) is -0.278. The standard InChI is InChI=1S/C21H29FN2O3/c1-15(16-5-3-2-4-6-16)24-14-13-21(27-20(24)26,12-11-19(23)25)17-7-9-18(22)10-8-17/h7-10,15-16H,2-6,11-14H2,1H3,(H2,23,25)/t15-,21-/m0/s1. The van der Waals surface area contributed by atoms with Crippen molar-refractivity contribution >= 4 is 12.0 Å². The third kappa shape index (κ3) is 4.42. The number of halogens is 1. The van der Waals surface area contributed by atoms with Crippen molar-refractivity contribution in [2.45, 2.75) is 69.9 Å². The van der Waals surface area contributed by atoms with Gasteiger partial charge < -0.3 is 15.4 Å². The molecule has 2 atom stereocenters. The Kier molecular flexibility index (Phi) is 6.02. The zero-order valence-electron chi connectivity index (χ0n) is 16.0. The van der Waals surface area contributed by atoms with Gasteiger partial charge in [-0.3, -0.25) is 4.79 Å².